The Kier molecular flexibility index (Phi) is 5.30. The van der Waals surface area contributed by atoms with Crippen LogP contribution in [0, 0.1) is 6.92 Å². The SMILES string of the molecule is Cc1ccc2c(c1)CC[C@H]2NC(=O)c1ccc(S(=O)(=O)N2CCN(C)CC2)s1. The fourth-order valence-corrected chi connectivity index (χ4v) is 6.65. The van der Waals surface area contributed by atoms with E-state index in [1.807, 2.05) is 7.05 Å². The lowest BCUT2D eigenvalue weighted by Crippen LogP contribution is -2.46. The van der Waals surface area contributed by atoms with Gasteiger partial charge < -0.3 is 10.2 Å². The van der Waals surface area contributed by atoms with Crippen molar-refractivity contribution in [1.29, 1.82) is 0 Å². The van der Waals surface area contributed by atoms with Crippen LogP contribution in [0.15, 0.2) is 34.5 Å². The smallest absolute Gasteiger partial charge is 0.261 e. The Morgan fingerprint density at radius 3 is 2.64 bits per heavy atom. The second-order valence-corrected chi connectivity index (χ2v) is 10.8. The first-order chi connectivity index (χ1) is 13.3. The molecule has 150 valence electrons. The second-order valence-electron chi connectivity index (χ2n) is 7.59. The third-order valence-electron chi connectivity index (χ3n) is 5.54. The van der Waals surface area contributed by atoms with Gasteiger partial charge in [-0.15, -0.1) is 11.3 Å². The molecule has 1 fully saturated rings. The van der Waals surface area contributed by atoms with Crippen LogP contribution < -0.4 is 5.32 Å². The highest BCUT2D eigenvalue weighted by molar-refractivity contribution is 7.91. The maximum atomic E-state index is 12.9. The van der Waals surface area contributed by atoms with Gasteiger partial charge in [-0.3, -0.25) is 4.79 Å². The number of nitrogens with zero attached hydrogens (tertiary/aromatic N) is 2. The molecule has 4 rings (SSSR count). The van der Waals surface area contributed by atoms with Crippen molar-refractivity contribution in [2.75, 3.05) is 33.2 Å². The van der Waals surface area contributed by atoms with Gasteiger partial charge in [0.2, 0.25) is 0 Å². The molecule has 1 aromatic heterocycles. The summed E-state index contributed by atoms with van der Waals surface area (Å²) in [6.45, 7) is 4.48. The van der Waals surface area contributed by atoms with Crippen molar-refractivity contribution in [2.45, 2.75) is 30.0 Å². The molecular weight excluding hydrogens is 394 g/mol. The lowest BCUT2D eigenvalue weighted by atomic mass is 10.1. The minimum atomic E-state index is -3.53. The Hall–Kier alpha value is -1.74. The number of rotatable bonds is 4. The standard InChI is InChI=1S/C20H25N3O3S2/c1-14-3-5-16-15(13-14)4-6-17(16)21-20(24)18-7-8-19(27-18)28(25,26)23-11-9-22(2)10-12-23/h3,5,7-8,13,17H,4,6,9-12H2,1-2H3,(H,21,24)/t17-/m1/s1. The predicted molar refractivity (Wildman–Crippen MR) is 110 cm³/mol. The number of sulfonamides is 1. The summed E-state index contributed by atoms with van der Waals surface area (Å²) in [6.07, 6.45) is 1.83. The van der Waals surface area contributed by atoms with Crippen molar-refractivity contribution in [2.24, 2.45) is 0 Å². The summed E-state index contributed by atoms with van der Waals surface area (Å²) in [5.41, 5.74) is 3.68. The Morgan fingerprint density at radius 1 is 1.14 bits per heavy atom. The Balaban J connectivity index is 1.47. The Morgan fingerprint density at radius 2 is 1.89 bits per heavy atom. The van der Waals surface area contributed by atoms with Crippen LogP contribution in [-0.2, 0) is 16.4 Å². The lowest BCUT2D eigenvalue weighted by Gasteiger charge is -2.31. The number of hydrogen-bond acceptors (Lipinski definition) is 5. The molecular formula is C20H25N3O3S2. The normalized spacial score (nSPS) is 20.9. The average Bonchev–Trinajstić information content (AvgIpc) is 3.30. The van der Waals surface area contributed by atoms with Gasteiger partial charge in [-0.1, -0.05) is 23.8 Å². The molecule has 1 aromatic carbocycles. The molecule has 1 amide bonds. The maximum absolute atomic E-state index is 12.9. The van der Waals surface area contributed by atoms with Gasteiger partial charge in [0, 0.05) is 26.2 Å². The van der Waals surface area contributed by atoms with Gasteiger partial charge >= 0.3 is 0 Å². The number of likely N-dealkylation sites (N-methyl/N-ethyl adjacent to an activating group) is 1. The van der Waals surface area contributed by atoms with E-state index in [0.29, 0.717) is 18.0 Å². The van der Waals surface area contributed by atoms with Crippen LogP contribution in [0.2, 0.25) is 0 Å². The van der Waals surface area contributed by atoms with Crippen molar-refractivity contribution >= 4 is 27.3 Å². The van der Waals surface area contributed by atoms with Gasteiger partial charge in [0.15, 0.2) is 0 Å². The van der Waals surface area contributed by atoms with E-state index in [4.69, 9.17) is 0 Å². The van der Waals surface area contributed by atoms with Gasteiger partial charge in [-0.25, -0.2) is 8.42 Å². The first-order valence-electron chi connectivity index (χ1n) is 9.53. The van der Waals surface area contributed by atoms with E-state index >= 15 is 0 Å². The van der Waals surface area contributed by atoms with Crippen molar-refractivity contribution in [3.63, 3.8) is 0 Å². The molecule has 6 nitrogen and oxygen atoms in total. The molecule has 1 aliphatic heterocycles. The highest BCUT2D eigenvalue weighted by Gasteiger charge is 2.30. The first kappa shape index (κ1) is 19.6. The minimum absolute atomic E-state index is 0.0112. The summed E-state index contributed by atoms with van der Waals surface area (Å²) in [5.74, 6) is -0.205. The Bertz CT molecular complexity index is 992. The third-order valence-corrected chi connectivity index (χ3v) is 8.99. The van der Waals surface area contributed by atoms with Crippen molar-refractivity contribution in [3.8, 4) is 0 Å². The monoisotopic (exact) mass is 419 g/mol. The zero-order valence-electron chi connectivity index (χ0n) is 16.1. The molecule has 8 heteroatoms. The number of carbonyl (C=O) groups excluding carboxylic acids is 1. The molecule has 1 aliphatic carbocycles. The first-order valence-corrected chi connectivity index (χ1v) is 11.8. The second kappa shape index (κ2) is 7.59. The number of thiophene rings is 1. The third kappa shape index (κ3) is 3.74. The van der Waals surface area contributed by atoms with Crippen LogP contribution in [0.3, 0.4) is 0 Å². The highest BCUT2D eigenvalue weighted by Crippen LogP contribution is 2.32. The molecule has 0 saturated carbocycles. The summed E-state index contributed by atoms with van der Waals surface area (Å²) in [4.78, 5) is 15.3. The minimum Gasteiger partial charge on any atom is -0.345 e. The molecule has 1 atom stereocenters. The van der Waals surface area contributed by atoms with Crippen LogP contribution in [0.5, 0.6) is 0 Å². The highest BCUT2D eigenvalue weighted by atomic mass is 32.2. The zero-order valence-corrected chi connectivity index (χ0v) is 17.8. The molecule has 0 spiro atoms. The summed E-state index contributed by atoms with van der Waals surface area (Å²) in [7, 11) is -1.55. The largest absolute Gasteiger partial charge is 0.345 e. The van der Waals surface area contributed by atoms with E-state index in [-0.39, 0.29) is 16.2 Å². The van der Waals surface area contributed by atoms with Crippen molar-refractivity contribution in [3.05, 3.63) is 51.9 Å². The fraction of sp³-hybridized carbons (Fsp3) is 0.450. The molecule has 1 saturated heterocycles. The molecule has 28 heavy (non-hydrogen) atoms. The fourth-order valence-electron chi connectivity index (χ4n) is 3.86. The Labute approximate surface area is 170 Å². The summed E-state index contributed by atoms with van der Waals surface area (Å²) in [6, 6.07) is 9.48. The van der Waals surface area contributed by atoms with E-state index in [2.05, 4.69) is 35.3 Å². The van der Waals surface area contributed by atoms with E-state index in [0.717, 1.165) is 37.3 Å². The van der Waals surface area contributed by atoms with Crippen molar-refractivity contribution < 1.29 is 13.2 Å². The number of amides is 1. The summed E-state index contributed by atoms with van der Waals surface area (Å²) >= 11 is 1.05. The number of hydrogen-bond donors (Lipinski definition) is 1. The van der Waals surface area contributed by atoms with Gasteiger partial charge in [-0.2, -0.15) is 4.31 Å². The number of aryl methyl sites for hydroxylation is 2. The number of nitrogens with one attached hydrogen (secondary N) is 1. The lowest BCUT2D eigenvalue weighted by molar-refractivity contribution is 0.0941. The maximum Gasteiger partial charge on any atom is 0.261 e. The van der Waals surface area contributed by atoms with E-state index in [9.17, 15) is 13.2 Å². The molecule has 0 unspecified atom stereocenters. The number of fused-ring (bicyclic) bond motifs is 1. The molecule has 0 radical (unpaired) electrons. The number of piperazine rings is 1. The molecule has 2 aliphatic rings. The van der Waals surface area contributed by atoms with Gasteiger partial charge in [0.25, 0.3) is 15.9 Å². The quantitative estimate of drug-likeness (QED) is 0.826. The van der Waals surface area contributed by atoms with Crippen molar-refractivity contribution in [1.82, 2.24) is 14.5 Å². The van der Waals surface area contributed by atoms with Gasteiger partial charge in [0.1, 0.15) is 4.21 Å². The van der Waals surface area contributed by atoms with Crippen LogP contribution in [0.25, 0.3) is 0 Å². The zero-order chi connectivity index (χ0) is 19.9. The van der Waals surface area contributed by atoms with E-state index < -0.39 is 10.0 Å². The van der Waals surface area contributed by atoms with Gasteiger partial charge in [-0.05, 0) is 50.1 Å². The van der Waals surface area contributed by atoms with Crippen LogP contribution in [-0.4, -0.2) is 56.8 Å². The molecule has 2 aromatic rings. The topological polar surface area (TPSA) is 69.7 Å². The molecule has 0 bridgehead atoms. The van der Waals surface area contributed by atoms with E-state index in [1.165, 1.54) is 21.0 Å². The number of benzene rings is 1. The molecule has 2 heterocycles. The summed E-state index contributed by atoms with van der Waals surface area (Å²) in [5, 5.41) is 3.08. The van der Waals surface area contributed by atoms with Crippen LogP contribution >= 0.6 is 11.3 Å². The van der Waals surface area contributed by atoms with Gasteiger partial charge in [0.05, 0.1) is 10.9 Å². The van der Waals surface area contributed by atoms with E-state index in [1.54, 1.807) is 12.1 Å². The number of carbonyl (C=O) groups is 1. The van der Waals surface area contributed by atoms with Crippen LogP contribution in [0.1, 0.15) is 38.8 Å². The van der Waals surface area contributed by atoms with Crippen LogP contribution in [0.4, 0.5) is 0 Å². The molecule has 1 N–H and O–H groups in total. The summed E-state index contributed by atoms with van der Waals surface area (Å²) < 4.78 is 27.5. The average molecular weight is 420 g/mol. The predicted octanol–water partition coefficient (Wildman–Crippen LogP) is 2.41.